The van der Waals surface area contributed by atoms with Gasteiger partial charge in [0.1, 0.15) is 11.6 Å². The molecule has 0 aliphatic heterocycles. The van der Waals surface area contributed by atoms with Crippen LogP contribution in [0.25, 0.3) is 0 Å². The topological polar surface area (TPSA) is 34.1 Å². The van der Waals surface area contributed by atoms with Gasteiger partial charge in [0, 0.05) is 12.8 Å². The van der Waals surface area contributed by atoms with Crippen molar-refractivity contribution in [2.24, 2.45) is 5.92 Å². The van der Waals surface area contributed by atoms with Crippen LogP contribution in [0.4, 0.5) is 0 Å². The Kier molecular flexibility index (Phi) is 2.20. The molecule has 1 fully saturated rings. The summed E-state index contributed by atoms with van der Waals surface area (Å²) in [5, 5.41) is 0. The lowest BCUT2D eigenvalue weighted by Crippen LogP contribution is -2.17. The molecule has 0 heterocycles. The first-order chi connectivity index (χ1) is 4.75. The molecular formula is C8H12O2. The van der Waals surface area contributed by atoms with E-state index >= 15 is 0 Å². The summed E-state index contributed by atoms with van der Waals surface area (Å²) >= 11 is 0. The summed E-state index contributed by atoms with van der Waals surface area (Å²) in [5.41, 5.74) is 0. The molecule has 0 aromatic rings. The highest BCUT2D eigenvalue weighted by Crippen LogP contribution is 2.22. The average Bonchev–Trinajstić information content (AvgIpc) is 2.34. The van der Waals surface area contributed by atoms with Crippen molar-refractivity contribution in [2.75, 3.05) is 0 Å². The number of carbonyl (C=O) groups excluding carboxylic acids is 2. The van der Waals surface area contributed by atoms with Crippen molar-refractivity contribution < 1.29 is 9.59 Å². The fourth-order valence-corrected chi connectivity index (χ4v) is 1.40. The molecule has 1 rings (SSSR count). The summed E-state index contributed by atoms with van der Waals surface area (Å²) in [4.78, 5) is 22.0. The highest BCUT2D eigenvalue weighted by atomic mass is 16.2. The zero-order valence-electron chi connectivity index (χ0n) is 6.22. The van der Waals surface area contributed by atoms with Crippen LogP contribution in [-0.2, 0) is 9.59 Å². The van der Waals surface area contributed by atoms with Gasteiger partial charge < -0.3 is 0 Å². The molecule has 0 radical (unpaired) electrons. The van der Waals surface area contributed by atoms with Gasteiger partial charge in [-0.25, -0.2) is 0 Å². The second-order valence-corrected chi connectivity index (χ2v) is 2.73. The van der Waals surface area contributed by atoms with Gasteiger partial charge in [-0.3, -0.25) is 9.59 Å². The van der Waals surface area contributed by atoms with Crippen LogP contribution in [0, 0.1) is 5.92 Å². The Balaban J connectivity index is 2.55. The lowest BCUT2D eigenvalue weighted by molar-refractivity contribution is -0.130. The Morgan fingerprint density at radius 1 is 1.70 bits per heavy atom. The van der Waals surface area contributed by atoms with E-state index in [1.807, 2.05) is 6.92 Å². The van der Waals surface area contributed by atoms with E-state index in [0.717, 1.165) is 12.8 Å². The minimum absolute atomic E-state index is 0.127. The summed E-state index contributed by atoms with van der Waals surface area (Å²) in [7, 11) is 0. The van der Waals surface area contributed by atoms with Crippen molar-refractivity contribution in [3.05, 3.63) is 0 Å². The van der Waals surface area contributed by atoms with Crippen LogP contribution >= 0.6 is 0 Å². The third kappa shape index (κ3) is 1.25. The molecule has 1 aliphatic carbocycles. The SMILES string of the molecule is CCC(=O)C1CCCC1=O. The van der Waals surface area contributed by atoms with Crippen molar-refractivity contribution in [3.8, 4) is 0 Å². The van der Waals surface area contributed by atoms with Gasteiger partial charge in [0.25, 0.3) is 0 Å². The van der Waals surface area contributed by atoms with Crippen LogP contribution in [0.1, 0.15) is 32.6 Å². The molecule has 0 bridgehead atoms. The molecule has 10 heavy (non-hydrogen) atoms. The molecule has 0 spiro atoms. The van der Waals surface area contributed by atoms with Gasteiger partial charge in [0.2, 0.25) is 0 Å². The molecule has 1 saturated carbocycles. The molecule has 1 aliphatic rings. The van der Waals surface area contributed by atoms with Gasteiger partial charge in [0.15, 0.2) is 0 Å². The fraction of sp³-hybridized carbons (Fsp3) is 0.750. The second kappa shape index (κ2) is 2.95. The first kappa shape index (κ1) is 7.45. The van der Waals surface area contributed by atoms with Gasteiger partial charge in [0.05, 0.1) is 5.92 Å². The van der Waals surface area contributed by atoms with E-state index in [4.69, 9.17) is 0 Å². The molecule has 1 unspecified atom stereocenters. The van der Waals surface area contributed by atoms with Crippen molar-refractivity contribution in [2.45, 2.75) is 32.6 Å². The molecule has 0 saturated heterocycles. The van der Waals surface area contributed by atoms with Gasteiger partial charge >= 0.3 is 0 Å². The molecular weight excluding hydrogens is 128 g/mol. The number of hydrogen-bond donors (Lipinski definition) is 0. The van der Waals surface area contributed by atoms with E-state index in [2.05, 4.69) is 0 Å². The summed E-state index contributed by atoms with van der Waals surface area (Å²) in [6.45, 7) is 1.81. The average molecular weight is 140 g/mol. The van der Waals surface area contributed by atoms with Crippen molar-refractivity contribution >= 4 is 11.6 Å². The summed E-state index contributed by atoms with van der Waals surface area (Å²) in [6, 6.07) is 0. The van der Waals surface area contributed by atoms with E-state index in [-0.39, 0.29) is 17.5 Å². The highest BCUT2D eigenvalue weighted by molar-refractivity contribution is 6.03. The molecule has 0 aromatic carbocycles. The lowest BCUT2D eigenvalue weighted by Gasteiger charge is -2.01. The minimum Gasteiger partial charge on any atom is -0.299 e. The fourth-order valence-electron chi connectivity index (χ4n) is 1.40. The number of hydrogen-bond acceptors (Lipinski definition) is 2. The Morgan fingerprint density at radius 2 is 2.40 bits per heavy atom. The van der Waals surface area contributed by atoms with Crippen LogP contribution < -0.4 is 0 Å². The zero-order valence-corrected chi connectivity index (χ0v) is 6.22. The molecule has 1 atom stereocenters. The maximum Gasteiger partial charge on any atom is 0.143 e. The maximum absolute atomic E-state index is 11.0. The number of ketones is 2. The van der Waals surface area contributed by atoms with Gasteiger partial charge in [-0.15, -0.1) is 0 Å². The van der Waals surface area contributed by atoms with Crippen LogP contribution in [-0.4, -0.2) is 11.6 Å². The third-order valence-electron chi connectivity index (χ3n) is 2.04. The van der Waals surface area contributed by atoms with Crippen LogP contribution in [0.5, 0.6) is 0 Å². The molecule has 2 heteroatoms. The van der Waals surface area contributed by atoms with E-state index in [9.17, 15) is 9.59 Å². The van der Waals surface area contributed by atoms with Crippen LogP contribution in [0.2, 0.25) is 0 Å². The van der Waals surface area contributed by atoms with Gasteiger partial charge in [-0.1, -0.05) is 6.92 Å². The predicted molar refractivity (Wildman–Crippen MR) is 37.6 cm³/mol. The Bertz CT molecular complexity index is 161. The summed E-state index contributed by atoms with van der Waals surface area (Å²) < 4.78 is 0. The first-order valence-corrected chi connectivity index (χ1v) is 3.81. The Morgan fingerprint density at radius 3 is 2.80 bits per heavy atom. The normalized spacial score (nSPS) is 25.3. The smallest absolute Gasteiger partial charge is 0.143 e. The molecule has 0 N–H and O–H groups in total. The lowest BCUT2D eigenvalue weighted by atomic mass is 10.0. The summed E-state index contributed by atoms with van der Waals surface area (Å²) in [6.07, 6.45) is 2.84. The van der Waals surface area contributed by atoms with E-state index in [1.165, 1.54) is 0 Å². The standard InChI is InChI=1S/C8H12O2/c1-2-7(9)6-4-3-5-8(6)10/h6H,2-5H2,1H3. The Labute approximate surface area is 60.6 Å². The quantitative estimate of drug-likeness (QED) is 0.542. The molecule has 2 nitrogen and oxygen atoms in total. The predicted octanol–water partition coefficient (Wildman–Crippen LogP) is 1.33. The highest BCUT2D eigenvalue weighted by Gasteiger charge is 2.29. The Hall–Kier alpha value is -0.660. The largest absolute Gasteiger partial charge is 0.299 e. The molecule has 0 aromatic heterocycles. The van der Waals surface area contributed by atoms with Gasteiger partial charge in [-0.2, -0.15) is 0 Å². The van der Waals surface area contributed by atoms with E-state index in [1.54, 1.807) is 0 Å². The molecule has 56 valence electrons. The number of Topliss-reactive ketones (excluding diaryl/α,β-unsaturated/α-hetero) is 2. The number of rotatable bonds is 2. The molecule has 0 amide bonds. The second-order valence-electron chi connectivity index (χ2n) is 2.73. The maximum atomic E-state index is 11.0. The summed E-state index contributed by atoms with van der Waals surface area (Å²) in [5.74, 6) is 0.0550. The van der Waals surface area contributed by atoms with Crippen LogP contribution in [0.3, 0.4) is 0 Å². The monoisotopic (exact) mass is 140 g/mol. The zero-order chi connectivity index (χ0) is 7.56. The number of carbonyl (C=O) groups is 2. The van der Waals surface area contributed by atoms with Crippen molar-refractivity contribution in [3.63, 3.8) is 0 Å². The third-order valence-corrected chi connectivity index (χ3v) is 2.04. The van der Waals surface area contributed by atoms with E-state index in [0.29, 0.717) is 12.8 Å². The minimum atomic E-state index is -0.231. The van der Waals surface area contributed by atoms with E-state index < -0.39 is 0 Å². The van der Waals surface area contributed by atoms with Crippen molar-refractivity contribution in [1.82, 2.24) is 0 Å². The van der Waals surface area contributed by atoms with Crippen molar-refractivity contribution in [1.29, 1.82) is 0 Å². The first-order valence-electron chi connectivity index (χ1n) is 3.81. The van der Waals surface area contributed by atoms with Crippen LogP contribution in [0.15, 0.2) is 0 Å². The van der Waals surface area contributed by atoms with Gasteiger partial charge in [-0.05, 0) is 12.8 Å².